The van der Waals surface area contributed by atoms with Crippen molar-refractivity contribution in [3.63, 3.8) is 0 Å². The Morgan fingerprint density at radius 1 is 1.61 bits per heavy atom. The van der Waals surface area contributed by atoms with E-state index >= 15 is 0 Å². The van der Waals surface area contributed by atoms with Crippen LogP contribution in [-0.4, -0.2) is 54.9 Å². The number of ether oxygens (including phenoxy) is 1. The topological polar surface area (TPSA) is 86.1 Å². The molecule has 102 valence electrons. The van der Waals surface area contributed by atoms with Crippen molar-refractivity contribution in [2.45, 2.75) is 19.0 Å². The van der Waals surface area contributed by atoms with Crippen LogP contribution < -0.4 is 5.32 Å². The Morgan fingerprint density at radius 3 is 3.11 bits per heavy atom. The summed E-state index contributed by atoms with van der Waals surface area (Å²) in [5.41, 5.74) is 0. The number of aromatic nitrogens is 3. The zero-order chi connectivity index (χ0) is 13.0. The normalized spacial score (nSPS) is 22.4. The summed E-state index contributed by atoms with van der Waals surface area (Å²) in [6.45, 7) is 1.93. The van der Waals surface area contributed by atoms with Gasteiger partial charge in [-0.25, -0.2) is 18.1 Å². The Morgan fingerprint density at radius 2 is 2.44 bits per heavy atom. The van der Waals surface area contributed by atoms with Crippen LogP contribution in [0.4, 0.5) is 0 Å². The number of nitrogens with one attached hydrogen (secondary N) is 1. The van der Waals surface area contributed by atoms with E-state index in [1.807, 2.05) is 0 Å². The quantitative estimate of drug-likeness (QED) is 0.695. The summed E-state index contributed by atoms with van der Waals surface area (Å²) in [5, 5.41) is 7.31. The summed E-state index contributed by atoms with van der Waals surface area (Å²) in [5.74, 6) is 1.18. The lowest BCUT2D eigenvalue weighted by molar-refractivity contribution is 0.198. The fourth-order valence-electron chi connectivity index (χ4n) is 2.05. The molecule has 1 aliphatic heterocycles. The molecule has 1 atom stereocenters. The van der Waals surface area contributed by atoms with E-state index in [0.717, 1.165) is 12.4 Å². The molecule has 1 aromatic heterocycles. The van der Waals surface area contributed by atoms with Gasteiger partial charge >= 0.3 is 0 Å². The molecule has 0 bridgehead atoms. The molecule has 0 amide bonds. The predicted octanol–water partition coefficient (Wildman–Crippen LogP) is -0.626. The van der Waals surface area contributed by atoms with Gasteiger partial charge in [-0.3, -0.25) is 0 Å². The van der Waals surface area contributed by atoms with Crippen molar-refractivity contribution >= 4 is 9.84 Å². The van der Waals surface area contributed by atoms with Crippen molar-refractivity contribution in [3.8, 4) is 0 Å². The maximum atomic E-state index is 11.5. The molecule has 1 aromatic rings. The van der Waals surface area contributed by atoms with Crippen molar-refractivity contribution in [2.75, 3.05) is 31.8 Å². The van der Waals surface area contributed by atoms with Gasteiger partial charge in [-0.1, -0.05) is 0 Å². The van der Waals surface area contributed by atoms with Crippen LogP contribution in [0.25, 0.3) is 0 Å². The molecule has 2 rings (SSSR count). The molecule has 1 N–H and O–H groups in total. The lowest BCUT2D eigenvalue weighted by atomic mass is 10.3. The summed E-state index contributed by atoms with van der Waals surface area (Å²) >= 11 is 0. The second kappa shape index (κ2) is 5.77. The lowest BCUT2D eigenvalue weighted by Gasteiger charge is -2.12. The molecule has 8 heteroatoms. The molecule has 0 saturated carbocycles. The Bertz CT molecular complexity index is 485. The molecule has 18 heavy (non-hydrogen) atoms. The average molecular weight is 274 g/mol. The molecule has 1 unspecified atom stereocenters. The Kier molecular flexibility index (Phi) is 4.31. The summed E-state index contributed by atoms with van der Waals surface area (Å²) in [6, 6.07) is -0.0725. The number of rotatable bonds is 6. The maximum Gasteiger partial charge on any atom is 0.152 e. The van der Waals surface area contributed by atoms with Gasteiger partial charge in [0.2, 0.25) is 0 Å². The molecule has 0 radical (unpaired) electrons. The summed E-state index contributed by atoms with van der Waals surface area (Å²) in [4.78, 5) is 4.16. The monoisotopic (exact) mass is 274 g/mol. The minimum atomic E-state index is -2.90. The van der Waals surface area contributed by atoms with Gasteiger partial charge in [-0.05, 0) is 6.42 Å². The van der Waals surface area contributed by atoms with Gasteiger partial charge in [0.1, 0.15) is 12.2 Å². The van der Waals surface area contributed by atoms with Crippen LogP contribution in [0.2, 0.25) is 0 Å². The van der Waals surface area contributed by atoms with Crippen LogP contribution in [0.15, 0.2) is 6.33 Å². The molecule has 1 fully saturated rings. The van der Waals surface area contributed by atoms with Gasteiger partial charge in [-0.15, -0.1) is 0 Å². The van der Waals surface area contributed by atoms with E-state index in [0.29, 0.717) is 19.6 Å². The molecule has 7 nitrogen and oxygen atoms in total. The smallest absolute Gasteiger partial charge is 0.152 e. The van der Waals surface area contributed by atoms with Crippen LogP contribution >= 0.6 is 0 Å². The highest BCUT2D eigenvalue weighted by atomic mass is 32.2. The van der Waals surface area contributed by atoms with Gasteiger partial charge in [-0.2, -0.15) is 5.10 Å². The Balaban J connectivity index is 1.95. The number of hydrogen-bond acceptors (Lipinski definition) is 6. The average Bonchev–Trinajstić information content (AvgIpc) is 2.90. The van der Waals surface area contributed by atoms with Crippen molar-refractivity contribution in [3.05, 3.63) is 12.2 Å². The number of nitrogens with zero attached hydrogens (tertiary/aromatic N) is 3. The first-order chi connectivity index (χ1) is 8.62. The van der Waals surface area contributed by atoms with E-state index in [4.69, 9.17) is 4.74 Å². The van der Waals surface area contributed by atoms with E-state index in [1.165, 1.54) is 6.33 Å². The third-order valence-electron chi connectivity index (χ3n) is 2.97. The SMILES string of the molecule is COCCNCc1ncnn1C1CCS(=O)(=O)C1. The molecule has 1 aliphatic rings. The molecular formula is C10H18N4O3S. The standard InChI is InChI=1S/C10H18N4O3S/c1-17-4-3-11-6-10-12-8-13-14(10)9-2-5-18(15,16)7-9/h8-9,11H,2-7H2,1H3. The third-order valence-corrected chi connectivity index (χ3v) is 4.72. The van der Waals surface area contributed by atoms with Gasteiger partial charge in [0.15, 0.2) is 9.84 Å². The van der Waals surface area contributed by atoms with Crippen molar-refractivity contribution in [2.24, 2.45) is 0 Å². The molecule has 1 saturated heterocycles. The zero-order valence-corrected chi connectivity index (χ0v) is 11.2. The Hall–Kier alpha value is -0.990. The van der Waals surface area contributed by atoms with Gasteiger partial charge in [0, 0.05) is 13.7 Å². The minimum absolute atomic E-state index is 0.0725. The molecule has 0 aliphatic carbocycles. The van der Waals surface area contributed by atoms with Crippen LogP contribution in [0.5, 0.6) is 0 Å². The highest BCUT2D eigenvalue weighted by Crippen LogP contribution is 2.23. The molecule has 2 heterocycles. The van der Waals surface area contributed by atoms with Crippen LogP contribution in [-0.2, 0) is 21.1 Å². The van der Waals surface area contributed by atoms with Gasteiger partial charge in [0.05, 0.1) is 30.7 Å². The van der Waals surface area contributed by atoms with E-state index in [2.05, 4.69) is 15.4 Å². The van der Waals surface area contributed by atoms with E-state index in [-0.39, 0.29) is 17.5 Å². The van der Waals surface area contributed by atoms with Crippen molar-refractivity contribution in [1.29, 1.82) is 0 Å². The van der Waals surface area contributed by atoms with E-state index in [9.17, 15) is 8.42 Å². The van der Waals surface area contributed by atoms with Crippen LogP contribution in [0.1, 0.15) is 18.3 Å². The first kappa shape index (κ1) is 13.4. The highest BCUT2D eigenvalue weighted by molar-refractivity contribution is 7.91. The number of sulfone groups is 1. The molecule has 0 aromatic carbocycles. The van der Waals surface area contributed by atoms with Gasteiger partial charge < -0.3 is 10.1 Å². The molecule has 0 spiro atoms. The zero-order valence-electron chi connectivity index (χ0n) is 10.4. The fraction of sp³-hybridized carbons (Fsp3) is 0.800. The predicted molar refractivity (Wildman–Crippen MR) is 65.9 cm³/mol. The summed E-state index contributed by atoms with van der Waals surface area (Å²) in [7, 11) is -1.25. The van der Waals surface area contributed by atoms with Crippen molar-refractivity contribution < 1.29 is 13.2 Å². The lowest BCUT2D eigenvalue weighted by Crippen LogP contribution is -2.23. The highest BCUT2D eigenvalue weighted by Gasteiger charge is 2.30. The largest absolute Gasteiger partial charge is 0.383 e. The van der Waals surface area contributed by atoms with Gasteiger partial charge in [0.25, 0.3) is 0 Å². The number of methoxy groups -OCH3 is 1. The molecular weight excluding hydrogens is 256 g/mol. The van der Waals surface area contributed by atoms with Crippen LogP contribution in [0, 0.1) is 0 Å². The van der Waals surface area contributed by atoms with Crippen molar-refractivity contribution in [1.82, 2.24) is 20.1 Å². The summed E-state index contributed by atoms with van der Waals surface area (Å²) < 4.78 is 29.6. The van der Waals surface area contributed by atoms with E-state index in [1.54, 1.807) is 11.8 Å². The Labute approximate surface area is 106 Å². The fourth-order valence-corrected chi connectivity index (χ4v) is 3.74. The first-order valence-corrected chi connectivity index (χ1v) is 7.73. The number of hydrogen-bond donors (Lipinski definition) is 1. The van der Waals surface area contributed by atoms with Crippen LogP contribution in [0.3, 0.4) is 0 Å². The second-order valence-electron chi connectivity index (χ2n) is 4.35. The second-order valence-corrected chi connectivity index (χ2v) is 6.58. The maximum absolute atomic E-state index is 11.5. The summed E-state index contributed by atoms with van der Waals surface area (Å²) in [6.07, 6.45) is 2.09. The minimum Gasteiger partial charge on any atom is -0.383 e. The van der Waals surface area contributed by atoms with E-state index < -0.39 is 9.84 Å². The third kappa shape index (κ3) is 3.27. The first-order valence-electron chi connectivity index (χ1n) is 5.91.